The lowest BCUT2D eigenvalue weighted by atomic mass is 10.1. The van der Waals surface area contributed by atoms with Gasteiger partial charge >= 0.3 is 0 Å². The second-order valence-corrected chi connectivity index (χ2v) is 4.81. The van der Waals surface area contributed by atoms with E-state index in [4.69, 9.17) is 4.74 Å². The van der Waals surface area contributed by atoms with E-state index >= 15 is 0 Å². The summed E-state index contributed by atoms with van der Waals surface area (Å²) < 4.78 is 5.69. The van der Waals surface area contributed by atoms with Gasteiger partial charge in [-0.15, -0.1) is 0 Å². The fourth-order valence-electron chi connectivity index (χ4n) is 2.05. The predicted octanol–water partition coefficient (Wildman–Crippen LogP) is 3.20. The molecule has 0 bridgehead atoms. The van der Waals surface area contributed by atoms with Crippen LogP contribution in [0.2, 0.25) is 0 Å². The van der Waals surface area contributed by atoms with Crippen molar-refractivity contribution < 1.29 is 4.74 Å². The lowest BCUT2D eigenvalue weighted by molar-refractivity contribution is 0.305. The average molecular weight is 270 g/mol. The summed E-state index contributed by atoms with van der Waals surface area (Å²) in [6, 6.07) is 14.6. The number of benzene rings is 1. The number of aryl methyl sites for hydroxylation is 1. The van der Waals surface area contributed by atoms with Crippen LogP contribution in [0.5, 0.6) is 5.75 Å². The Labute approximate surface area is 121 Å². The number of ether oxygens (including phenoxy) is 1. The zero-order valence-electron chi connectivity index (χ0n) is 12.0. The summed E-state index contributed by atoms with van der Waals surface area (Å²) in [6.07, 6.45) is 5.12. The Morgan fingerprint density at radius 1 is 1.05 bits per heavy atom. The summed E-state index contributed by atoms with van der Waals surface area (Å²) in [5.74, 6) is 0.851. The maximum atomic E-state index is 5.69. The molecule has 0 atom stereocenters. The van der Waals surface area contributed by atoms with Crippen molar-refractivity contribution in [3.8, 4) is 5.75 Å². The van der Waals surface area contributed by atoms with Crippen LogP contribution in [0.25, 0.3) is 0 Å². The van der Waals surface area contributed by atoms with Crippen molar-refractivity contribution >= 4 is 0 Å². The van der Waals surface area contributed by atoms with Gasteiger partial charge in [0.15, 0.2) is 0 Å². The molecule has 1 aromatic carbocycles. The normalized spacial score (nSPS) is 10.4. The molecule has 0 saturated carbocycles. The van der Waals surface area contributed by atoms with Gasteiger partial charge in [0.25, 0.3) is 0 Å². The highest BCUT2D eigenvalue weighted by atomic mass is 16.5. The van der Waals surface area contributed by atoms with Crippen LogP contribution in [0.15, 0.2) is 48.7 Å². The second kappa shape index (κ2) is 8.33. The lowest BCUT2D eigenvalue weighted by Crippen LogP contribution is -2.06. The van der Waals surface area contributed by atoms with E-state index in [9.17, 15) is 0 Å². The van der Waals surface area contributed by atoms with Crippen LogP contribution >= 0.6 is 0 Å². The standard InChI is InChI=1S/C17H22N2O/c1-18-13-16-10-11-17(14-19-16)20-12-6-5-9-15-7-3-2-4-8-15/h2-4,7-8,10-11,14,18H,5-6,9,12-13H2,1H3. The molecule has 0 aliphatic heterocycles. The fourth-order valence-corrected chi connectivity index (χ4v) is 2.05. The van der Waals surface area contributed by atoms with Crippen molar-refractivity contribution in [3.63, 3.8) is 0 Å². The topological polar surface area (TPSA) is 34.1 Å². The lowest BCUT2D eigenvalue weighted by Gasteiger charge is -2.06. The van der Waals surface area contributed by atoms with Gasteiger partial charge in [0, 0.05) is 6.54 Å². The zero-order chi connectivity index (χ0) is 14.0. The highest BCUT2D eigenvalue weighted by molar-refractivity contribution is 5.19. The Balaban J connectivity index is 1.63. The third-order valence-corrected chi connectivity index (χ3v) is 3.13. The van der Waals surface area contributed by atoms with Gasteiger partial charge in [-0.3, -0.25) is 4.98 Å². The molecule has 2 aromatic rings. The molecule has 1 aromatic heterocycles. The third-order valence-electron chi connectivity index (χ3n) is 3.13. The number of pyridine rings is 1. The Morgan fingerprint density at radius 2 is 1.90 bits per heavy atom. The molecular formula is C17H22N2O. The molecule has 0 unspecified atom stereocenters. The molecule has 1 N–H and O–H groups in total. The van der Waals surface area contributed by atoms with E-state index in [1.165, 1.54) is 5.56 Å². The highest BCUT2D eigenvalue weighted by Gasteiger charge is 1.97. The smallest absolute Gasteiger partial charge is 0.137 e. The summed E-state index contributed by atoms with van der Waals surface area (Å²) in [5, 5.41) is 3.08. The Bertz CT molecular complexity index is 482. The molecule has 0 aliphatic rings. The van der Waals surface area contributed by atoms with Gasteiger partial charge in [0.2, 0.25) is 0 Å². The fraction of sp³-hybridized carbons (Fsp3) is 0.353. The van der Waals surface area contributed by atoms with Crippen LogP contribution in [-0.2, 0) is 13.0 Å². The summed E-state index contributed by atoms with van der Waals surface area (Å²) in [4.78, 5) is 4.33. The largest absolute Gasteiger partial charge is 0.492 e. The van der Waals surface area contributed by atoms with Gasteiger partial charge in [-0.2, -0.15) is 0 Å². The van der Waals surface area contributed by atoms with Crippen LogP contribution in [-0.4, -0.2) is 18.6 Å². The van der Waals surface area contributed by atoms with Crippen molar-refractivity contribution in [2.24, 2.45) is 0 Å². The van der Waals surface area contributed by atoms with Crippen molar-refractivity contribution in [1.82, 2.24) is 10.3 Å². The first kappa shape index (κ1) is 14.5. The van der Waals surface area contributed by atoms with Crippen molar-refractivity contribution in [1.29, 1.82) is 0 Å². The molecule has 0 fully saturated rings. The molecule has 106 valence electrons. The minimum atomic E-state index is 0.750. The first-order valence-corrected chi connectivity index (χ1v) is 7.15. The van der Waals surface area contributed by atoms with Crippen LogP contribution in [0.4, 0.5) is 0 Å². The van der Waals surface area contributed by atoms with E-state index in [2.05, 4.69) is 40.6 Å². The third kappa shape index (κ3) is 5.02. The van der Waals surface area contributed by atoms with Crippen LogP contribution in [0, 0.1) is 0 Å². The number of unbranched alkanes of at least 4 members (excludes halogenated alkanes) is 1. The van der Waals surface area contributed by atoms with Crippen molar-refractivity contribution in [2.75, 3.05) is 13.7 Å². The van der Waals surface area contributed by atoms with Gasteiger partial charge in [0.1, 0.15) is 5.75 Å². The molecule has 1 heterocycles. The van der Waals surface area contributed by atoms with Gasteiger partial charge < -0.3 is 10.1 Å². The molecule has 0 amide bonds. The Morgan fingerprint density at radius 3 is 2.60 bits per heavy atom. The first-order valence-electron chi connectivity index (χ1n) is 7.15. The van der Waals surface area contributed by atoms with Gasteiger partial charge in [0.05, 0.1) is 18.5 Å². The molecule has 0 radical (unpaired) electrons. The molecule has 3 heteroatoms. The molecule has 0 spiro atoms. The number of nitrogens with one attached hydrogen (secondary N) is 1. The van der Waals surface area contributed by atoms with E-state index in [0.717, 1.165) is 43.9 Å². The maximum Gasteiger partial charge on any atom is 0.137 e. The maximum absolute atomic E-state index is 5.69. The number of rotatable bonds is 8. The Hall–Kier alpha value is -1.87. The summed E-state index contributed by atoms with van der Waals surface area (Å²) in [5.41, 5.74) is 2.43. The number of nitrogens with zero attached hydrogens (tertiary/aromatic N) is 1. The van der Waals surface area contributed by atoms with Crippen LogP contribution in [0.1, 0.15) is 24.1 Å². The summed E-state index contributed by atoms with van der Waals surface area (Å²) in [6.45, 7) is 1.54. The predicted molar refractivity (Wildman–Crippen MR) is 81.9 cm³/mol. The minimum Gasteiger partial charge on any atom is -0.492 e. The van der Waals surface area contributed by atoms with Crippen molar-refractivity contribution in [2.45, 2.75) is 25.8 Å². The molecule has 0 saturated heterocycles. The number of hydrogen-bond donors (Lipinski definition) is 1. The van der Waals surface area contributed by atoms with Gasteiger partial charge in [-0.05, 0) is 44.0 Å². The molecule has 0 aliphatic carbocycles. The Kier molecular flexibility index (Phi) is 6.06. The summed E-state index contributed by atoms with van der Waals surface area (Å²) in [7, 11) is 1.92. The second-order valence-electron chi connectivity index (χ2n) is 4.81. The zero-order valence-corrected chi connectivity index (χ0v) is 12.0. The van der Waals surface area contributed by atoms with E-state index < -0.39 is 0 Å². The van der Waals surface area contributed by atoms with Crippen LogP contribution in [0.3, 0.4) is 0 Å². The van der Waals surface area contributed by atoms with Gasteiger partial charge in [-0.1, -0.05) is 30.3 Å². The van der Waals surface area contributed by atoms with E-state index in [0.29, 0.717) is 0 Å². The van der Waals surface area contributed by atoms with E-state index in [-0.39, 0.29) is 0 Å². The van der Waals surface area contributed by atoms with E-state index in [1.54, 1.807) is 6.20 Å². The van der Waals surface area contributed by atoms with E-state index in [1.807, 2.05) is 19.2 Å². The van der Waals surface area contributed by atoms with Crippen molar-refractivity contribution in [3.05, 3.63) is 59.9 Å². The number of hydrogen-bond acceptors (Lipinski definition) is 3. The van der Waals surface area contributed by atoms with Crippen LogP contribution < -0.4 is 10.1 Å². The molecule has 20 heavy (non-hydrogen) atoms. The summed E-state index contributed by atoms with van der Waals surface area (Å²) >= 11 is 0. The van der Waals surface area contributed by atoms with Gasteiger partial charge in [-0.25, -0.2) is 0 Å². The minimum absolute atomic E-state index is 0.750. The average Bonchev–Trinajstić information content (AvgIpc) is 2.50. The quantitative estimate of drug-likeness (QED) is 0.748. The monoisotopic (exact) mass is 270 g/mol. The highest BCUT2D eigenvalue weighted by Crippen LogP contribution is 2.10. The SMILES string of the molecule is CNCc1ccc(OCCCCc2ccccc2)cn1. The first-order chi connectivity index (χ1) is 9.88. The molecular weight excluding hydrogens is 248 g/mol. The molecule has 3 nitrogen and oxygen atoms in total. The number of aromatic nitrogens is 1. The molecule has 2 rings (SSSR count).